The van der Waals surface area contributed by atoms with Gasteiger partial charge in [0.25, 0.3) is 5.69 Å². The number of carbonyl (C=O) groups excluding carboxylic acids is 1. The number of thioether (sulfide) groups is 1. The van der Waals surface area contributed by atoms with Crippen LogP contribution < -0.4 is 14.8 Å². The molecule has 0 atom stereocenters. The Balaban J connectivity index is 1.58. The molecule has 1 N–H and O–H groups in total. The van der Waals surface area contributed by atoms with Crippen LogP contribution in [0.4, 0.5) is 11.4 Å². The van der Waals surface area contributed by atoms with E-state index in [0.717, 1.165) is 11.1 Å². The number of amides is 1. The average Bonchev–Trinajstić information content (AvgIpc) is 3.29. The maximum atomic E-state index is 12.6. The molecule has 0 radical (unpaired) electrons. The maximum Gasteiger partial charge on any atom is 0.271 e. The van der Waals surface area contributed by atoms with Crippen molar-refractivity contribution in [2.24, 2.45) is 0 Å². The summed E-state index contributed by atoms with van der Waals surface area (Å²) in [6.45, 7) is 0.492. The van der Waals surface area contributed by atoms with Gasteiger partial charge in [-0.05, 0) is 29.8 Å². The highest BCUT2D eigenvalue weighted by Gasteiger charge is 2.18. The van der Waals surface area contributed by atoms with Gasteiger partial charge in [-0.1, -0.05) is 48.2 Å². The number of benzene rings is 3. The molecule has 0 saturated heterocycles. The Bertz CT molecular complexity index is 1380. The lowest BCUT2D eigenvalue weighted by molar-refractivity contribution is -0.384. The van der Waals surface area contributed by atoms with Crippen molar-refractivity contribution in [2.45, 2.75) is 11.7 Å². The quantitative estimate of drug-likeness (QED) is 0.188. The normalized spacial score (nSPS) is 10.6. The molecule has 10 nitrogen and oxygen atoms in total. The van der Waals surface area contributed by atoms with E-state index in [0.29, 0.717) is 34.7 Å². The predicted octanol–water partition coefficient (Wildman–Crippen LogP) is 4.65. The van der Waals surface area contributed by atoms with Gasteiger partial charge in [-0.25, -0.2) is 0 Å². The fraction of sp³-hybridized carbons (Fsp3) is 0.160. The third-order valence-electron chi connectivity index (χ3n) is 5.22. The zero-order chi connectivity index (χ0) is 25.5. The fourth-order valence-corrected chi connectivity index (χ4v) is 4.26. The molecule has 36 heavy (non-hydrogen) atoms. The van der Waals surface area contributed by atoms with Crippen LogP contribution in [0.5, 0.6) is 11.5 Å². The number of methoxy groups -OCH3 is 2. The largest absolute Gasteiger partial charge is 0.493 e. The van der Waals surface area contributed by atoms with Gasteiger partial charge in [-0.15, -0.1) is 10.2 Å². The maximum absolute atomic E-state index is 12.6. The topological polar surface area (TPSA) is 121 Å². The Labute approximate surface area is 211 Å². The predicted molar refractivity (Wildman–Crippen MR) is 137 cm³/mol. The lowest BCUT2D eigenvalue weighted by Crippen LogP contribution is -2.15. The summed E-state index contributed by atoms with van der Waals surface area (Å²) in [6, 6.07) is 21.2. The van der Waals surface area contributed by atoms with Crippen LogP contribution in [0.2, 0.25) is 0 Å². The van der Waals surface area contributed by atoms with Crippen molar-refractivity contribution in [2.75, 3.05) is 25.3 Å². The molecule has 0 fully saturated rings. The minimum atomic E-state index is -0.508. The Morgan fingerprint density at radius 1 is 1.00 bits per heavy atom. The number of hydrogen-bond donors (Lipinski definition) is 1. The lowest BCUT2D eigenvalue weighted by atomic mass is 10.1. The molecule has 1 aromatic heterocycles. The molecular weight excluding hydrogens is 482 g/mol. The van der Waals surface area contributed by atoms with Crippen LogP contribution in [-0.2, 0) is 11.3 Å². The number of aromatic nitrogens is 3. The second kappa shape index (κ2) is 11.4. The highest BCUT2D eigenvalue weighted by atomic mass is 32.2. The Kier molecular flexibility index (Phi) is 7.81. The minimum absolute atomic E-state index is 0.0432. The SMILES string of the molecule is COc1ccc(-c2nnc(SCC(=O)Nc3cccc([N+](=O)[O-])c3)n2Cc2ccccc2)cc1OC. The molecule has 184 valence electrons. The van der Waals surface area contributed by atoms with Crippen LogP contribution in [0.15, 0.2) is 78.0 Å². The summed E-state index contributed by atoms with van der Waals surface area (Å²) in [5.74, 6) is 1.50. The molecule has 0 aliphatic heterocycles. The minimum Gasteiger partial charge on any atom is -0.493 e. The van der Waals surface area contributed by atoms with Gasteiger partial charge in [0.2, 0.25) is 5.91 Å². The molecule has 0 aliphatic carbocycles. The number of non-ortho nitro benzene ring substituents is 1. The number of hydrogen-bond acceptors (Lipinski definition) is 8. The van der Waals surface area contributed by atoms with Crippen molar-refractivity contribution in [3.8, 4) is 22.9 Å². The summed E-state index contributed by atoms with van der Waals surface area (Å²) in [5.41, 5.74) is 2.08. The number of rotatable bonds is 10. The summed E-state index contributed by atoms with van der Waals surface area (Å²) in [6.07, 6.45) is 0. The molecule has 0 spiro atoms. The summed E-state index contributed by atoms with van der Waals surface area (Å²) in [4.78, 5) is 23.1. The van der Waals surface area contributed by atoms with Crippen LogP contribution in [-0.4, -0.2) is 45.6 Å². The number of nitro benzene ring substituents is 1. The van der Waals surface area contributed by atoms with Crippen LogP contribution in [0.3, 0.4) is 0 Å². The van der Waals surface area contributed by atoms with Crippen LogP contribution in [0.25, 0.3) is 11.4 Å². The van der Waals surface area contributed by atoms with Gasteiger partial charge in [0, 0.05) is 23.4 Å². The van der Waals surface area contributed by atoms with Crippen molar-refractivity contribution in [1.29, 1.82) is 0 Å². The number of nitro groups is 1. The Morgan fingerprint density at radius 3 is 2.50 bits per heavy atom. The van der Waals surface area contributed by atoms with Crippen LogP contribution in [0.1, 0.15) is 5.56 Å². The van der Waals surface area contributed by atoms with E-state index in [4.69, 9.17) is 9.47 Å². The van der Waals surface area contributed by atoms with Crippen molar-refractivity contribution >= 4 is 29.0 Å². The molecule has 3 aromatic carbocycles. The van der Waals surface area contributed by atoms with E-state index in [1.807, 2.05) is 47.0 Å². The average molecular weight is 506 g/mol. The van der Waals surface area contributed by atoms with Crippen molar-refractivity contribution in [3.05, 3.63) is 88.5 Å². The second-order valence-electron chi connectivity index (χ2n) is 7.59. The highest BCUT2D eigenvalue weighted by Crippen LogP contribution is 2.33. The summed E-state index contributed by atoms with van der Waals surface area (Å²) in [5, 5.41) is 23.0. The highest BCUT2D eigenvalue weighted by molar-refractivity contribution is 7.99. The van der Waals surface area contributed by atoms with Gasteiger partial charge in [0.05, 0.1) is 31.4 Å². The standard InChI is InChI=1S/C25H23N5O5S/c1-34-21-12-11-18(13-22(21)35-2)24-27-28-25(29(24)15-17-7-4-3-5-8-17)36-16-23(31)26-19-9-6-10-20(14-19)30(32)33/h3-14H,15-16H2,1-2H3,(H,26,31). The molecular formula is C25H23N5O5S. The van der Waals surface area contributed by atoms with E-state index in [1.165, 1.54) is 30.0 Å². The summed E-state index contributed by atoms with van der Waals surface area (Å²) in [7, 11) is 3.14. The molecule has 1 heterocycles. The molecule has 11 heteroatoms. The number of anilines is 1. The monoisotopic (exact) mass is 505 g/mol. The smallest absolute Gasteiger partial charge is 0.271 e. The van der Waals surface area contributed by atoms with Crippen molar-refractivity contribution < 1.29 is 19.2 Å². The first-order valence-corrected chi connectivity index (χ1v) is 11.8. The fourth-order valence-electron chi connectivity index (χ4n) is 3.52. The number of carbonyl (C=O) groups is 1. The molecule has 0 unspecified atom stereocenters. The lowest BCUT2D eigenvalue weighted by Gasteiger charge is -2.12. The zero-order valence-electron chi connectivity index (χ0n) is 19.6. The van der Waals surface area contributed by atoms with E-state index in [-0.39, 0.29) is 17.3 Å². The van der Waals surface area contributed by atoms with Gasteiger partial charge >= 0.3 is 0 Å². The molecule has 0 saturated carbocycles. The van der Waals surface area contributed by atoms with Gasteiger partial charge in [-0.2, -0.15) is 0 Å². The number of ether oxygens (including phenoxy) is 2. The molecule has 4 aromatic rings. The van der Waals surface area contributed by atoms with Gasteiger partial charge < -0.3 is 14.8 Å². The zero-order valence-corrected chi connectivity index (χ0v) is 20.4. The second-order valence-corrected chi connectivity index (χ2v) is 8.53. The van der Waals surface area contributed by atoms with E-state index >= 15 is 0 Å². The van der Waals surface area contributed by atoms with Crippen molar-refractivity contribution in [1.82, 2.24) is 14.8 Å². The Morgan fingerprint density at radius 2 is 1.78 bits per heavy atom. The van der Waals surface area contributed by atoms with E-state index < -0.39 is 4.92 Å². The van der Waals surface area contributed by atoms with E-state index in [1.54, 1.807) is 26.4 Å². The summed E-state index contributed by atoms with van der Waals surface area (Å²) < 4.78 is 12.7. The summed E-state index contributed by atoms with van der Waals surface area (Å²) >= 11 is 1.22. The third kappa shape index (κ3) is 5.81. The van der Waals surface area contributed by atoms with E-state index in [9.17, 15) is 14.9 Å². The number of nitrogens with zero attached hydrogens (tertiary/aromatic N) is 4. The van der Waals surface area contributed by atoms with Crippen molar-refractivity contribution in [3.63, 3.8) is 0 Å². The number of nitrogens with one attached hydrogen (secondary N) is 1. The molecule has 0 aliphatic rings. The first kappa shape index (κ1) is 24.7. The third-order valence-corrected chi connectivity index (χ3v) is 6.18. The molecule has 1 amide bonds. The van der Waals surface area contributed by atoms with Crippen LogP contribution in [0, 0.1) is 10.1 Å². The van der Waals surface area contributed by atoms with Gasteiger partial charge in [0.15, 0.2) is 22.5 Å². The van der Waals surface area contributed by atoms with Gasteiger partial charge in [-0.3, -0.25) is 19.5 Å². The van der Waals surface area contributed by atoms with E-state index in [2.05, 4.69) is 15.5 Å². The first-order chi connectivity index (χ1) is 17.5. The molecule has 0 bridgehead atoms. The first-order valence-electron chi connectivity index (χ1n) is 10.8. The van der Waals surface area contributed by atoms with Gasteiger partial charge in [0.1, 0.15) is 0 Å². The molecule has 4 rings (SSSR count). The van der Waals surface area contributed by atoms with Crippen LogP contribution >= 0.6 is 11.8 Å². The Hall–Kier alpha value is -4.38.